The summed E-state index contributed by atoms with van der Waals surface area (Å²) >= 11 is 23.6. The molecule has 0 bridgehead atoms. The van der Waals surface area contributed by atoms with Crippen molar-refractivity contribution in [3.63, 3.8) is 0 Å². The molecule has 0 saturated heterocycles. The normalized spacial score (nSPS) is 10.4. The van der Waals surface area contributed by atoms with Gasteiger partial charge in [-0.05, 0) is 43.3 Å². The minimum atomic E-state index is -0.532. The highest BCUT2D eigenvalue weighted by Crippen LogP contribution is 2.35. The highest BCUT2D eigenvalue weighted by atomic mass is 35.5. The van der Waals surface area contributed by atoms with Crippen LogP contribution in [0.15, 0.2) is 24.4 Å². The predicted octanol–water partition coefficient (Wildman–Crippen LogP) is 4.82. The maximum atomic E-state index is 12.2. The minimum Gasteiger partial charge on any atom is -0.465 e. The molecular weight excluding hydrogens is 459 g/mol. The lowest BCUT2D eigenvalue weighted by molar-refractivity contribution is 0.0602. The molecule has 0 aliphatic carbocycles. The quantitative estimate of drug-likeness (QED) is 0.244. The zero-order chi connectivity index (χ0) is 21.4. The van der Waals surface area contributed by atoms with Crippen LogP contribution in [-0.4, -0.2) is 41.4 Å². The fourth-order valence-electron chi connectivity index (χ4n) is 2.37. The number of anilines is 3. The Kier molecular flexibility index (Phi) is 9.19. The van der Waals surface area contributed by atoms with Gasteiger partial charge < -0.3 is 25.8 Å². The van der Waals surface area contributed by atoms with E-state index in [1.54, 1.807) is 12.1 Å². The first-order valence-electron chi connectivity index (χ1n) is 8.52. The van der Waals surface area contributed by atoms with Gasteiger partial charge in [0.05, 0.1) is 39.1 Å². The van der Waals surface area contributed by atoms with Gasteiger partial charge >= 0.3 is 5.97 Å². The highest BCUT2D eigenvalue weighted by Gasteiger charge is 2.19. The fourth-order valence-corrected chi connectivity index (χ4v) is 3.20. The van der Waals surface area contributed by atoms with Crippen LogP contribution in [-0.2, 0) is 4.74 Å². The fraction of sp³-hybridized carbons (Fsp3) is 0.278. The monoisotopic (exact) mass is 476 g/mol. The average Bonchev–Trinajstić information content (AvgIpc) is 2.69. The second-order valence-corrected chi connectivity index (χ2v) is 7.42. The van der Waals surface area contributed by atoms with Gasteiger partial charge in [-0.3, -0.25) is 0 Å². The Balaban J connectivity index is 2.28. The number of carbonyl (C=O) groups is 1. The smallest absolute Gasteiger partial charge is 0.340 e. The second kappa shape index (κ2) is 11.4. The number of carbonyl (C=O) groups excluding carboxylic acids is 1. The SMILES string of the molecule is COC(=O)c1ccc(Cl)c(NC(=S)Nc2ncc(Cl)cc2Cl)c1NCCCCO. The second-order valence-electron chi connectivity index (χ2n) is 5.76. The van der Waals surface area contributed by atoms with E-state index in [1.165, 1.54) is 19.4 Å². The zero-order valence-electron chi connectivity index (χ0n) is 15.4. The molecule has 0 aliphatic heterocycles. The van der Waals surface area contributed by atoms with Crippen molar-refractivity contribution in [3.8, 4) is 0 Å². The van der Waals surface area contributed by atoms with Crippen LogP contribution in [0.3, 0.4) is 0 Å². The first kappa shape index (κ1) is 23.4. The molecule has 0 fully saturated rings. The largest absolute Gasteiger partial charge is 0.465 e. The van der Waals surface area contributed by atoms with Gasteiger partial charge in [-0.25, -0.2) is 9.78 Å². The number of rotatable bonds is 8. The van der Waals surface area contributed by atoms with E-state index in [9.17, 15) is 4.79 Å². The number of hydrogen-bond donors (Lipinski definition) is 4. The van der Waals surface area contributed by atoms with E-state index in [2.05, 4.69) is 20.9 Å². The van der Waals surface area contributed by atoms with Crippen LogP contribution in [0.5, 0.6) is 0 Å². The number of nitrogens with zero attached hydrogens (tertiary/aromatic N) is 1. The third-order valence-electron chi connectivity index (χ3n) is 3.72. The Bertz CT molecular complexity index is 899. The third-order valence-corrected chi connectivity index (χ3v) is 4.74. The summed E-state index contributed by atoms with van der Waals surface area (Å²) in [5.41, 5.74) is 1.11. The van der Waals surface area contributed by atoms with E-state index in [-0.39, 0.29) is 17.3 Å². The van der Waals surface area contributed by atoms with Crippen LogP contribution in [0, 0.1) is 0 Å². The van der Waals surface area contributed by atoms with Gasteiger partial charge in [0.15, 0.2) is 10.9 Å². The first-order valence-corrected chi connectivity index (χ1v) is 10.1. The van der Waals surface area contributed by atoms with Crippen molar-refractivity contribution in [2.45, 2.75) is 12.8 Å². The maximum Gasteiger partial charge on any atom is 0.340 e. The van der Waals surface area contributed by atoms with Crippen molar-refractivity contribution in [2.75, 3.05) is 36.2 Å². The Morgan fingerprint density at radius 2 is 1.93 bits per heavy atom. The van der Waals surface area contributed by atoms with E-state index >= 15 is 0 Å². The molecule has 7 nitrogen and oxygen atoms in total. The van der Waals surface area contributed by atoms with Gasteiger partial charge in [0.25, 0.3) is 0 Å². The summed E-state index contributed by atoms with van der Waals surface area (Å²) in [6.07, 6.45) is 2.73. The van der Waals surface area contributed by atoms with E-state index in [4.69, 9.17) is 56.9 Å². The summed E-state index contributed by atoms with van der Waals surface area (Å²) in [5.74, 6) is -0.220. The number of ether oxygens (including phenoxy) is 1. The number of aliphatic hydroxyl groups is 1. The molecule has 1 heterocycles. The van der Waals surface area contributed by atoms with Crippen LogP contribution < -0.4 is 16.0 Å². The highest BCUT2D eigenvalue weighted by molar-refractivity contribution is 7.80. The lowest BCUT2D eigenvalue weighted by atomic mass is 10.1. The summed E-state index contributed by atoms with van der Waals surface area (Å²) in [4.78, 5) is 16.3. The molecule has 0 atom stereocenters. The molecular formula is C18H19Cl3N4O3S. The van der Waals surface area contributed by atoms with Gasteiger partial charge in [-0.1, -0.05) is 34.8 Å². The van der Waals surface area contributed by atoms with Gasteiger partial charge in [-0.2, -0.15) is 0 Å². The molecule has 0 spiro atoms. The van der Waals surface area contributed by atoms with Crippen LogP contribution >= 0.6 is 47.0 Å². The molecule has 0 saturated carbocycles. The Hall–Kier alpha value is -1.84. The minimum absolute atomic E-state index is 0.0784. The van der Waals surface area contributed by atoms with E-state index in [0.29, 0.717) is 51.6 Å². The molecule has 2 aromatic rings. The summed E-state index contributed by atoms with van der Waals surface area (Å²) in [7, 11) is 1.29. The molecule has 0 amide bonds. The van der Waals surface area contributed by atoms with Gasteiger partial charge in [0, 0.05) is 19.3 Å². The lowest BCUT2D eigenvalue weighted by Crippen LogP contribution is -2.22. The number of unbranched alkanes of at least 4 members (excludes halogenated alkanes) is 1. The van der Waals surface area contributed by atoms with Crippen molar-refractivity contribution in [2.24, 2.45) is 0 Å². The van der Waals surface area contributed by atoms with Crippen molar-refractivity contribution in [1.82, 2.24) is 4.98 Å². The molecule has 0 radical (unpaired) electrons. The Morgan fingerprint density at radius 3 is 2.59 bits per heavy atom. The molecule has 1 aromatic carbocycles. The van der Waals surface area contributed by atoms with Gasteiger partial charge in [-0.15, -0.1) is 0 Å². The standard InChI is InChI=1S/C18H19Cl3N4O3S/c1-28-17(27)11-4-5-12(20)15(14(11)22-6-2-3-7-26)24-18(29)25-16-13(21)8-10(19)9-23-16/h4-5,8-9,22,26H,2-3,6-7H2,1H3,(H2,23,24,25,29). The molecule has 0 unspecified atom stereocenters. The predicted molar refractivity (Wildman–Crippen MR) is 122 cm³/mol. The Labute approximate surface area is 188 Å². The summed E-state index contributed by atoms with van der Waals surface area (Å²) in [5, 5.41) is 19.1. The number of nitrogens with one attached hydrogen (secondary N) is 3. The summed E-state index contributed by atoms with van der Waals surface area (Å²) in [6.45, 7) is 0.583. The summed E-state index contributed by atoms with van der Waals surface area (Å²) in [6, 6.07) is 4.65. The summed E-state index contributed by atoms with van der Waals surface area (Å²) < 4.78 is 4.85. The number of thiocarbonyl (C=S) groups is 1. The molecule has 2 rings (SSSR count). The third kappa shape index (κ3) is 6.58. The molecule has 0 aliphatic rings. The number of esters is 1. The molecule has 29 heavy (non-hydrogen) atoms. The number of hydrogen-bond acceptors (Lipinski definition) is 6. The maximum absolute atomic E-state index is 12.2. The van der Waals surface area contributed by atoms with E-state index < -0.39 is 5.97 Å². The topological polar surface area (TPSA) is 95.5 Å². The average molecular weight is 478 g/mol. The number of pyridine rings is 1. The lowest BCUT2D eigenvalue weighted by Gasteiger charge is -2.19. The number of benzene rings is 1. The van der Waals surface area contributed by atoms with Crippen molar-refractivity contribution in [3.05, 3.63) is 45.0 Å². The number of aliphatic hydroxyl groups excluding tert-OH is 1. The zero-order valence-corrected chi connectivity index (χ0v) is 18.5. The first-order chi connectivity index (χ1) is 13.9. The van der Waals surface area contributed by atoms with Gasteiger partial charge in [0.1, 0.15) is 0 Å². The number of halogens is 3. The molecule has 11 heteroatoms. The molecule has 4 N–H and O–H groups in total. The van der Waals surface area contributed by atoms with Crippen LogP contribution in [0.25, 0.3) is 0 Å². The van der Waals surface area contributed by atoms with Crippen molar-refractivity contribution >= 4 is 75.3 Å². The Morgan fingerprint density at radius 1 is 1.17 bits per heavy atom. The molecule has 156 valence electrons. The number of aromatic nitrogens is 1. The van der Waals surface area contributed by atoms with Crippen LogP contribution in [0.2, 0.25) is 15.1 Å². The van der Waals surface area contributed by atoms with Crippen molar-refractivity contribution in [1.29, 1.82) is 0 Å². The van der Waals surface area contributed by atoms with Gasteiger partial charge in [0.2, 0.25) is 0 Å². The van der Waals surface area contributed by atoms with E-state index in [1.807, 2.05) is 0 Å². The van der Waals surface area contributed by atoms with Crippen molar-refractivity contribution < 1.29 is 14.6 Å². The molecule has 1 aromatic heterocycles. The number of methoxy groups -OCH3 is 1. The van der Waals surface area contributed by atoms with E-state index in [0.717, 1.165) is 0 Å². The van der Waals surface area contributed by atoms with Crippen LogP contribution in [0.1, 0.15) is 23.2 Å². The van der Waals surface area contributed by atoms with Crippen LogP contribution in [0.4, 0.5) is 17.2 Å².